The van der Waals surface area contributed by atoms with Gasteiger partial charge < -0.3 is 4.74 Å². The summed E-state index contributed by atoms with van der Waals surface area (Å²) in [6.07, 6.45) is 3.83. The van der Waals surface area contributed by atoms with Gasteiger partial charge in [-0.3, -0.25) is 0 Å². The molecule has 84 valence electrons. The van der Waals surface area contributed by atoms with Crippen molar-refractivity contribution in [3.8, 4) is 5.75 Å². The topological polar surface area (TPSA) is 38.7 Å². The molecule has 0 unspecified atom stereocenters. The first-order valence-corrected chi connectivity index (χ1v) is 5.24. The zero-order valence-electron chi connectivity index (χ0n) is 8.78. The first-order chi connectivity index (χ1) is 7.79. The minimum atomic E-state index is -0.352. The van der Waals surface area contributed by atoms with E-state index in [9.17, 15) is 9.18 Å². The summed E-state index contributed by atoms with van der Waals surface area (Å²) in [5, 5.41) is 0. The Morgan fingerprint density at radius 1 is 1.50 bits per heavy atom. The van der Waals surface area contributed by atoms with Gasteiger partial charge in [-0.05, 0) is 37.0 Å². The number of benzene rings is 1. The second-order valence-corrected chi connectivity index (χ2v) is 3.91. The molecular weight excluding hydrogens is 209 g/mol. The predicted molar refractivity (Wildman–Crippen MR) is 56.4 cm³/mol. The van der Waals surface area contributed by atoms with Crippen molar-refractivity contribution in [1.29, 1.82) is 0 Å². The Morgan fingerprint density at radius 3 is 3.00 bits per heavy atom. The highest BCUT2D eigenvalue weighted by atomic mass is 19.1. The van der Waals surface area contributed by atoms with Gasteiger partial charge in [-0.2, -0.15) is 0 Å². The van der Waals surface area contributed by atoms with E-state index < -0.39 is 0 Å². The van der Waals surface area contributed by atoms with Gasteiger partial charge in [0.2, 0.25) is 6.08 Å². The highest BCUT2D eigenvalue weighted by Crippen LogP contribution is 2.30. The summed E-state index contributed by atoms with van der Waals surface area (Å²) in [7, 11) is 0. The average Bonchev–Trinajstić information content (AvgIpc) is 3.09. The highest BCUT2D eigenvalue weighted by Gasteiger charge is 2.22. The van der Waals surface area contributed by atoms with Crippen LogP contribution in [0.5, 0.6) is 5.75 Å². The minimum absolute atomic E-state index is 0.112. The molecule has 0 aromatic heterocycles. The van der Waals surface area contributed by atoms with E-state index >= 15 is 0 Å². The molecule has 0 radical (unpaired) electrons. The Kier molecular flexibility index (Phi) is 3.32. The van der Waals surface area contributed by atoms with E-state index in [0.29, 0.717) is 23.8 Å². The van der Waals surface area contributed by atoms with Crippen LogP contribution in [0.1, 0.15) is 18.4 Å². The van der Waals surface area contributed by atoms with Gasteiger partial charge in [-0.15, -0.1) is 0 Å². The van der Waals surface area contributed by atoms with Gasteiger partial charge in [0.25, 0.3) is 0 Å². The molecule has 0 atom stereocenters. The molecule has 0 saturated heterocycles. The third kappa shape index (κ3) is 2.91. The van der Waals surface area contributed by atoms with Gasteiger partial charge in [0, 0.05) is 5.56 Å². The van der Waals surface area contributed by atoms with Crippen LogP contribution in [0.15, 0.2) is 23.2 Å². The maximum atomic E-state index is 13.0. The molecule has 0 spiro atoms. The molecule has 1 aromatic carbocycles. The van der Waals surface area contributed by atoms with Crippen molar-refractivity contribution in [3.63, 3.8) is 0 Å². The van der Waals surface area contributed by atoms with Crippen LogP contribution in [-0.2, 0) is 11.3 Å². The molecule has 1 saturated carbocycles. The van der Waals surface area contributed by atoms with E-state index in [1.807, 2.05) is 0 Å². The minimum Gasteiger partial charge on any atom is -0.493 e. The Bertz CT molecular complexity index is 423. The van der Waals surface area contributed by atoms with Crippen molar-refractivity contribution in [2.75, 3.05) is 6.61 Å². The number of nitrogens with zero attached hydrogens (tertiary/aromatic N) is 1. The maximum absolute atomic E-state index is 13.0. The summed E-state index contributed by atoms with van der Waals surface area (Å²) < 4.78 is 18.5. The van der Waals surface area contributed by atoms with Crippen LogP contribution in [-0.4, -0.2) is 12.7 Å². The molecule has 1 aliphatic rings. The summed E-state index contributed by atoms with van der Waals surface area (Å²) in [5.41, 5.74) is 0.587. The van der Waals surface area contributed by atoms with Gasteiger partial charge in [-0.25, -0.2) is 14.2 Å². The van der Waals surface area contributed by atoms with E-state index in [1.165, 1.54) is 31.1 Å². The van der Waals surface area contributed by atoms with Crippen molar-refractivity contribution >= 4 is 6.08 Å². The Hall–Kier alpha value is -1.67. The molecule has 4 heteroatoms. The molecular formula is C12H12FNO2. The number of carbonyl (C=O) groups excluding carboxylic acids is 1. The zero-order chi connectivity index (χ0) is 11.4. The maximum Gasteiger partial charge on any atom is 0.235 e. The lowest BCUT2D eigenvalue weighted by molar-refractivity contribution is 0.296. The molecule has 3 nitrogen and oxygen atoms in total. The van der Waals surface area contributed by atoms with E-state index in [1.54, 1.807) is 6.07 Å². The quantitative estimate of drug-likeness (QED) is 0.566. The second kappa shape index (κ2) is 4.90. The zero-order valence-corrected chi connectivity index (χ0v) is 8.78. The smallest absolute Gasteiger partial charge is 0.235 e. The number of rotatable bonds is 5. The first-order valence-electron chi connectivity index (χ1n) is 5.24. The van der Waals surface area contributed by atoms with Gasteiger partial charge in [0.1, 0.15) is 11.6 Å². The Labute approximate surface area is 93.0 Å². The average molecular weight is 221 g/mol. The van der Waals surface area contributed by atoms with Crippen LogP contribution in [0.3, 0.4) is 0 Å². The second-order valence-electron chi connectivity index (χ2n) is 3.91. The number of hydrogen-bond acceptors (Lipinski definition) is 3. The van der Waals surface area contributed by atoms with Crippen molar-refractivity contribution < 1.29 is 13.9 Å². The number of halogens is 1. The number of aliphatic imine (C=N–C) groups is 1. The fraction of sp³-hybridized carbons (Fsp3) is 0.417. The SMILES string of the molecule is O=C=NCc1cc(F)ccc1OCC1CC1. The van der Waals surface area contributed by atoms with E-state index in [2.05, 4.69) is 4.99 Å². The van der Waals surface area contributed by atoms with Crippen LogP contribution in [0.2, 0.25) is 0 Å². The molecule has 0 N–H and O–H groups in total. The highest BCUT2D eigenvalue weighted by molar-refractivity contribution is 5.38. The van der Waals surface area contributed by atoms with Crippen molar-refractivity contribution in [1.82, 2.24) is 0 Å². The summed E-state index contributed by atoms with van der Waals surface area (Å²) in [6.45, 7) is 0.769. The van der Waals surface area contributed by atoms with E-state index in [0.717, 1.165) is 0 Å². The summed E-state index contributed by atoms with van der Waals surface area (Å²) in [6, 6.07) is 4.26. The van der Waals surface area contributed by atoms with Crippen molar-refractivity contribution in [2.45, 2.75) is 19.4 Å². The molecule has 0 aliphatic heterocycles. The predicted octanol–water partition coefficient (Wildman–Crippen LogP) is 2.45. The first kappa shape index (κ1) is 10.8. The molecule has 2 rings (SSSR count). The molecule has 1 aliphatic carbocycles. The lowest BCUT2D eigenvalue weighted by atomic mass is 10.2. The van der Waals surface area contributed by atoms with Crippen LogP contribution >= 0.6 is 0 Å². The molecule has 1 fully saturated rings. The number of hydrogen-bond donors (Lipinski definition) is 0. The summed E-state index contributed by atoms with van der Waals surface area (Å²) in [5.74, 6) is 0.884. The van der Waals surface area contributed by atoms with Crippen molar-refractivity contribution in [3.05, 3.63) is 29.6 Å². The monoisotopic (exact) mass is 221 g/mol. The van der Waals surface area contributed by atoms with E-state index in [-0.39, 0.29) is 12.4 Å². The van der Waals surface area contributed by atoms with Crippen LogP contribution in [0.4, 0.5) is 4.39 Å². The van der Waals surface area contributed by atoms with Gasteiger partial charge in [-0.1, -0.05) is 0 Å². The largest absolute Gasteiger partial charge is 0.493 e. The number of ether oxygens (including phenoxy) is 1. The van der Waals surface area contributed by atoms with Gasteiger partial charge >= 0.3 is 0 Å². The van der Waals surface area contributed by atoms with E-state index in [4.69, 9.17) is 4.74 Å². The fourth-order valence-electron chi connectivity index (χ4n) is 1.42. The van der Waals surface area contributed by atoms with Gasteiger partial charge in [0.15, 0.2) is 0 Å². The lowest BCUT2D eigenvalue weighted by Crippen LogP contribution is -2.01. The molecule has 0 amide bonds. The standard InChI is InChI=1S/C12H12FNO2/c13-11-3-4-12(16-7-9-1-2-9)10(5-11)6-14-8-15/h3-5,9H,1-2,6-7H2. The van der Waals surface area contributed by atoms with Gasteiger partial charge in [0.05, 0.1) is 13.2 Å². The lowest BCUT2D eigenvalue weighted by Gasteiger charge is -2.09. The molecule has 0 heterocycles. The van der Waals surface area contributed by atoms with Crippen molar-refractivity contribution in [2.24, 2.45) is 10.9 Å². The molecule has 0 bridgehead atoms. The Morgan fingerprint density at radius 2 is 2.31 bits per heavy atom. The molecule has 16 heavy (non-hydrogen) atoms. The Balaban J connectivity index is 2.09. The third-order valence-corrected chi connectivity index (χ3v) is 2.51. The third-order valence-electron chi connectivity index (χ3n) is 2.51. The fourth-order valence-corrected chi connectivity index (χ4v) is 1.42. The molecule has 1 aromatic rings. The van der Waals surface area contributed by atoms with Crippen LogP contribution < -0.4 is 4.74 Å². The summed E-state index contributed by atoms with van der Waals surface area (Å²) in [4.78, 5) is 13.5. The van der Waals surface area contributed by atoms with Crippen LogP contribution in [0.25, 0.3) is 0 Å². The normalized spacial score (nSPS) is 14.3. The number of isocyanates is 1. The van der Waals surface area contributed by atoms with Crippen LogP contribution in [0, 0.1) is 11.7 Å². The summed E-state index contributed by atoms with van der Waals surface area (Å²) >= 11 is 0.